The third-order valence-corrected chi connectivity index (χ3v) is 7.57. The summed E-state index contributed by atoms with van der Waals surface area (Å²) in [5.74, 6) is 1.04. The number of nitriles is 1. The van der Waals surface area contributed by atoms with E-state index in [4.69, 9.17) is 4.98 Å². The van der Waals surface area contributed by atoms with Gasteiger partial charge in [-0.1, -0.05) is 66.7 Å². The summed E-state index contributed by atoms with van der Waals surface area (Å²) in [6.45, 7) is 0. The van der Waals surface area contributed by atoms with Crippen LogP contribution in [0.4, 0.5) is 11.4 Å². The number of anilines is 2. The monoisotopic (exact) mass is 489 g/mol. The van der Waals surface area contributed by atoms with E-state index in [0.29, 0.717) is 23.7 Å². The third kappa shape index (κ3) is 5.35. The molecule has 0 saturated heterocycles. The molecular formula is C31H27N3OS. The van der Waals surface area contributed by atoms with Crippen molar-refractivity contribution in [3.63, 3.8) is 0 Å². The molecule has 5 heteroatoms. The number of pyridine rings is 1. The standard InChI is InChI=1S/C31H27N3OS/c32-22-26-21-25-20-24(23-10-4-1-5-11-23)16-17-29(25)33-31(26)36-19-18-30(35)34(27-12-6-2-7-13-27)28-14-8-3-9-15-28/h1-15,21,24H,16-20H2. The molecule has 1 aliphatic rings. The molecule has 4 nitrogen and oxygen atoms in total. The minimum Gasteiger partial charge on any atom is -0.281 e. The number of carbonyl (C=O) groups is 1. The summed E-state index contributed by atoms with van der Waals surface area (Å²) in [6, 6.07) is 34.3. The number of nitrogens with zero attached hydrogens (tertiary/aromatic N) is 3. The van der Waals surface area contributed by atoms with Gasteiger partial charge in [-0.15, -0.1) is 11.8 Å². The molecule has 1 aromatic heterocycles. The first-order valence-corrected chi connectivity index (χ1v) is 13.2. The van der Waals surface area contributed by atoms with Crippen molar-refractivity contribution in [2.45, 2.75) is 36.6 Å². The van der Waals surface area contributed by atoms with Gasteiger partial charge in [-0.2, -0.15) is 5.26 Å². The average molecular weight is 490 g/mol. The minimum absolute atomic E-state index is 0.0158. The predicted octanol–water partition coefficient (Wildman–Crippen LogP) is 7.07. The van der Waals surface area contributed by atoms with Crippen molar-refractivity contribution in [3.05, 3.63) is 119 Å². The fraction of sp³-hybridized carbons (Fsp3) is 0.194. The molecule has 0 aliphatic heterocycles. The summed E-state index contributed by atoms with van der Waals surface area (Å²) in [7, 11) is 0. The molecule has 3 aromatic carbocycles. The normalized spacial score (nSPS) is 14.5. The van der Waals surface area contributed by atoms with Crippen molar-refractivity contribution in [2.24, 2.45) is 0 Å². The number of carbonyl (C=O) groups excluding carboxylic acids is 1. The number of hydrogen-bond acceptors (Lipinski definition) is 4. The van der Waals surface area contributed by atoms with E-state index in [0.717, 1.165) is 41.4 Å². The Hall–Kier alpha value is -3.88. The zero-order chi connectivity index (χ0) is 24.7. The summed E-state index contributed by atoms with van der Waals surface area (Å²) in [4.78, 5) is 20.0. The molecular weight excluding hydrogens is 462 g/mol. The second kappa shape index (κ2) is 11.2. The van der Waals surface area contributed by atoms with Gasteiger partial charge >= 0.3 is 0 Å². The highest BCUT2D eigenvalue weighted by molar-refractivity contribution is 7.99. The Bertz CT molecular complexity index is 1330. The number of fused-ring (bicyclic) bond motifs is 1. The SMILES string of the molecule is N#Cc1cc2c(nc1SCCC(=O)N(c1ccccc1)c1ccccc1)CCC(c1ccccc1)C2. The van der Waals surface area contributed by atoms with Crippen LogP contribution in [0.25, 0.3) is 0 Å². The van der Waals surface area contributed by atoms with Crippen molar-refractivity contribution in [2.75, 3.05) is 10.7 Å². The number of thioether (sulfide) groups is 1. The van der Waals surface area contributed by atoms with Crippen molar-refractivity contribution >= 4 is 29.0 Å². The Labute approximate surface area is 216 Å². The van der Waals surface area contributed by atoms with Crippen LogP contribution in [-0.4, -0.2) is 16.6 Å². The minimum atomic E-state index is 0.0158. The van der Waals surface area contributed by atoms with Crippen LogP contribution in [-0.2, 0) is 17.6 Å². The van der Waals surface area contributed by atoms with E-state index in [2.05, 4.69) is 30.3 Å². The molecule has 1 aliphatic carbocycles. The van der Waals surface area contributed by atoms with Crippen molar-refractivity contribution < 1.29 is 4.79 Å². The molecule has 5 rings (SSSR count). The number of aromatic nitrogens is 1. The number of benzene rings is 3. The van der Waals surface area contributed by atoms with Crippen LogP contribution < -0.4 is 4.90 Å². The molecule has 36 heavy (non-hydrogen) atoms. The van der Waals surface area contributed by atoms with Crippen LogP contribution in [0.1, 0.15) is 41.1 Å². The van der Waals surface area contributed by atoms with Gasteiger partial charge in [0, 0.05) is 29.2 Å². The van der Waals surface area contributed by atoms with E-state index in [-0.39, 0.29) is 5.91 Å². The molecule has 0 N–H and O–H groups in total. The fourth-order valence-electron chi connectivity index (χ4n) is 4.78. The fourth-order valence-corrected chi connectivity index (χ4v) is 5.69. The van der Waals surface area contributed by atoms with Crippen LogP contribution in [0.5, 0.6) is 0 Å². The van der Waals surface area contributed by atoms with E-state index in [1.165, 1.54) is 22.9 Å². The van der Waals surface area contributed by atoms with Crippen LogP contribution in [0.2, 0.25) is 0 Å². The smallest absolute Gasteiger partial charge is 0.232 e. The zero-order valence-corrected chi connectivity index (χ0v) is 20.8. The molecule has 0 spiro atoms. The maximum Gasteiger partial charge on any atom is 0.232 e. The lowest BCUT2D eigenvalue weighted by molar-refractivity contribution is -0.117. The average Bonchev–Trinajstić information content (AvgIpc) is 2.94. The van der Waals surface area contributed by atoms with E-state index in [9.17, 15) is 10.1 Å². The van der Waals surface area contributed by atoms with Gasteiger partial charge in [-0.3, -0.25) is 9.69 Å². The Morgan fingerprint density at radius 3 is 2.17 bits per heavy atom. The van der Waals surface area contributed by atoms with Crippen LogP contribution >= 0.6 is 11.8 Å². The summed E-state index contributed by atoms with van der Waals surface area (Å²) in [5, 5.41) is 10.5. The summed E-state index contributed by atoms with van der Waals surface area (Å²) >= 11 is 1.50. The lowest BCUT2D eigenvalue weighted by Gasteiger charge is -2.25. The summed E-state index contributed by atoms with van der Waals surface area (Å²) < 4.78 is 0. The highest BCUT2D eigenvalue weighted by Gasteiger charge is 2.23. The molecule has 1 amide bonds. The number of aryl methyl sites for hydroxylation is 1. The quantitative estimate of drug-likeness (QED) is 0.260. The number of hydrogen-bond donors (Lipinski definition) is 0. The van der Waals surface area contributed by atoms with Crippen LogP contribution in [0.15, 0.2) is 102 Å². The molecule has 0 radical (unpaired) electrons. The Morgan fingerprint density at radius 2 is 1.56 bits per heavy atom. The summed E-state index contributed by atoms with van der Waals surface area (Å²) in [5.41, 5.74) is 5.90. The van der Waals surface area contributed by atoms with Gasteiger partial charge in [0.15, 0.2) is 0 Å². The third-order valence-electron chi connectivity index (χ3n) is 6.58. The van der Waals surface area contributed by atoms with Crippen molar-refractivity contribution in [1.82, 2.24) is 4.98 Å². The van der Waals surface area contributed by atoms with Gasteiger partial charge in [-0.25, -0.2) is 4.98 Å². The Balaban J connectivity index is 1.29. The lowest BCUT2D eigenvalue weighted by Crippen LogP contribution is -2.26. The number of para-hydroxylation sites is 2. The van der Waals surface area contributed by atoms with E-state index >= 15 is 0 Å². The first kappa shape index (κ1) is 23.8. The van der Waals surface area contributed by atoms with Crippen molar-refractivity contribution in [3.8, 4) is 6.07 Å². The lowest BCUT2D eigenvalue weighted by atomic mass is 9.82. The molecule has 0 fully saturated rings. The molecule has 1 heterocycles. The van der Waals surface area contributed by atoms with Crippen LogP contribution in [0.3, 0.4) is 0 Å². The van der Waals surface area contributed by atoms with E-state index in [1.807, 2.05) is 72.8 Å². The van der Waals surface area contributed by atoms with Gasteiger partial charge in [0.2, 0.25) is 5.91 Å². The van der Waals surface area contributed by atoms with E-state index in [1.54, 1.807) is 4.90 Å². The second-order valence-electron chi connectivity index (χ2n) is 8.91. The molecule has 4 aromatic rings. The Kier molecular flexibility index (Phi) is 7.44. The zero-order valence-electron chi connectivity index (χ0n) is 20.0. The number of amides is 1. The van der Waals surface area contributed by atoms with Crippen molar-refractivity contribution in [1.29, 1.82) is 5.26 Å². The van der Waals surface area contributed by atoms with E-state index < -0.39 is 0 Å². The highest BCUT2D eigenvalue weighted by atomic mass is 32.2. The topological polar surface area (TPSA) is 57.0 Å². The van der Waals surface area contributed by atoms with Gasteiger partial charge < -0.3 is 0 Å². The molecule has 0 bridgehead atoms. The van der Waals surface area contributed by atoms with Gasteiger partial charge in [0.05, 0.1) is 5.56 Å². The van der Waals surface area contributed by atoms with Gasteiger partial charge in [0.1, 0.15) is 11.1 Å². The molecule has 0 saturated carbocycles. The molecule has 1 unspecified atom stereocenters. The van der Waals surface area contributed by atoms with Gasteiger partial charge in [-0.05, 0) is 66.6 Å². The molecule has 178 valence electrons. The first-order chi connectivity index (χ1) is 17.7. The predicted molar refractivity (Wildman–Crippen MR) is 146 cm³/mol. The molecule has 1 atom stereocenters. The second-order valence-corrected chi connectivity index (χ2v) is 9.99. The largest absolute Gasteiger partial charge is 0.281 e. The highest BCUT2D eigenvalue weighted by Crippen LogP contribution is 2.35. The maximum absolute atomic E-state index is 13.3. The first-order valence-electron chi connectivity index (χ1n) is 12.3. The maximum atomic E-state index is 13.3. The Morgan fingerprint density at radius 1 is 0.944 bits per heavy atom. The van der Waals surface area contributed by atoms with Crippen LogP contribution in [0, 0.1) is 11.3 Å². The van der Waals surface area contributed by atoms with Gasteiger partial charge in [0.25, 0.3) is 0 Å². The summed E-state index contributed by atoms with van der Waals surface area (Å²) in [6.07, 6.45) is 3.21. The number of rotatable bonds is 7.